The van der Waals surface area contributed by atoms with Gasteiger partial charge in [0.2, 0.25) is 6.40 Å². The number of aliphatic imine (C=N–C) groups is 1. The summed E-state index contributed by atoms with van der Waals surface area (Å²) in [4.78, 5) is 6.66. The van der Waals surface area contributed by atoms with E-state index in [1.54, 1.807) is 0 Å². The topological polar surface area (TPSA) is 41.8 Å². The second-order valence-electron chi connectivity index (χ2n) is 0.469. The second kappa shape index (κ2) is 3.43. The van der Waals surface area contributed by atoms with Crippen molar-refractivity contribution in [2.75, 3.05) is 7.05 Å². The predicted octanol–water partition coefficient (Wildman–Crippen LogP) is 0.134. The van der Waals surface area contributed by atoms with Crippen molar-refractivity contribution in [3.63, 3.8) is 0 Å². The van der Waals surface area contributed by atoms with Crippen LogP contribution in [0.2, 0.25) is 0 Å². The summed E-state index contributed by atoms with van der Waals surface area (Å²) in [5, 5.41) is 7.42. The molecule has 0 unspecified atom stereocenters. The number of hydrogen-bond acceptors (Lipinski definition) is 3. The summed E-state index contributed by atoms with van der Waals surface area (Å²) in [7, 11) is 1.50. The molecule has 0 aliphatic heterocycles. The maximum absolute atomic E-state index is 7.42. The van der Waals surface area contributed by atoms with Crippen molar-refractivity contribution in [2.24, 2.45) is 4.99 Å². The summed E-state index contributed by atoms with van der Waals surface area (Å²) in [6.07, 6.45) is 0.931. The Hall–Kier alpha value is -0.570. The summed E-state index contributed by atoms with van der Waals surface area (Å²) in [6.45, 7) is 0. The second-order valence-corrected chi connectivity index (χ2v) is 0.469. The van der Waals surface area contributed by atoms with Crippen LogP contribution in [0.25, 0.3) is 0 Å². The lowest BCUT2D eigenvalue weighted by atomic mass is 11.4. The number of nitrogens with zero attached hydrogens (tertiary/aromatic N) is 1. The van der Waals surface area contributed by atoms with Gasteiger partial charge in [-0.2, -0.15) is 0 Å². The maximum atomic E-state index is 7.42. The van der Waals surface area contributed by atoms with Crippen LogP contribution in [0.5, 0.6) is 0 Å². The van der Waals surface area contributed by atoms with Gasteiger partial charge in [-0.3, -0.25) is 4.99 Å². The molecular formula is C2H5NO2. The normalized spacial score (nSPS) is 9.20. The predicted molar refractivity (Wildman–Crippen MR) is 18.1 cm³/mol. The lowest BCUT2D eigenvalue weighted by Crippen LogP contribution is -1.72. The molecule has 0 amide bonds. The number of rotatable bonds is 1. The molecule has 3 heteroatoms. The summed E-state index contributed by atoms with van der Waals surface area (Å²) >= 11 is 0. The molecule has 5 heavy (non-hydrogen) atoms. The van der Waals surface area contributed by atoms with E-state index in [0.29, 0.717) is 0 Å². The van der Waals surface area contributed by atoms with Crippen LogP contribution in [0.1, 0.15) is 0 Å². The minimum Gasteiger partial charge on any atom is -0.328 e. The van der Waals surface area contributed by atoms with E-state index in [0.717, 1.165) is 6.40 Å². The maximum Gasteiger partial charge on any atom is 0.214 e. The molecule has 0 aromatic carbocycles. The number of hydrogen-bond donors (Lipinski definition) is 1. The Bertz CT molecular complexity index is 34.6. The van der Waals surface area contributed by atoms with Crippen molar-refractivity contribution in [2.45, 2.75) is 0 Å². The average molecular weight is 75.1 g/mol. The van der Waals surface area contributed by atoms with Crippen LogP contribution in [-0.2, 0) is 4.89 Å². The zero-order chi connectivity index (χ0) is 4.12. The fourth-order valence-electron chi connectivity index (χ4n) is 0.0471. The molecule has 0 aliphatic rings. The molecule has 0 saturated heterocycles. The molecule has 3 nitrogen and oxygen atoms in total. The first-order valence-corrected chi connectivity index (χ1v) is 1.12. The molecular weight excluding hydrogens is 70.0 g/mol. The Morgan fingerprint density at radius 3 is 2.60 bits per heavy atom. The molecule has 0 aromatic heterocycles. The van der Waals surface area contributed by atoms with Gasteiger partial charge in [0.05, 0.1) is 0 Å². The van der Waals surface area contributed by atoms with Gasteiger partial charge >= 0.3 is 0 Å². The van der Waals surface area contributed by atoms with E-state index in [1.165, 1.54) is 7.05 Å². The monoisotopic (exact) mass is 75.0 g/mol. The highest BCUT2D eigenvalue weighted by atomic mass is 17.1. The van der Waals surface area contributed by atoms with Gasteiger partial charge in [-0.1, -0.05) is 0 Å². The molecule has 0 radical (unpaired) electrons. The highest BCUT2D eigenvalue weighted by Gasteiger charge is 1.50. The Kier molecular flexibility index (Phi) is 3.04. The van der Waals surface area contributed by atoms with E-state index in [9.17, 15) is 0 Å². The van der Waals surface area contributed by atoms with Gasteiger partial charge in [0.15, 0.2) is 0 Å². The highest BCUT2D eigenvalue weighted by Crippen LogP contribution is 1.47. The smallest absolute Gasteiger partial charge is 0.214 e. The van der Waals surface area contributed by atoms with Gasteiger partial charge in [0.1, 0.15) is 0 Å². The Morgan fingerprint density at radius 2 is 2.60 bits per heavy atom. The zero-order valence-corrected chi connectivity index (χ0v) is 2.88. The van der Waals surface area contributed by atoms with Crippen LogP contribution in [0, 0.1) is 0 Å². The summed E-state index contributed by atoms with van der Waals surface area (Å²) < 4.78 is 0. The molecule has 0 rings (SSSR count). The van der Waals surface area contributed by atoms with Gasteiger partial charge in [0, 0.05) is 7.05 Å². The third kappa shape index (κ3) is 3.43. The fourth-order valence-corrected chi connectivity index (χ4v) is 0.0471. The van der Waals surface area contributed by atoms with Gasteiger partial charge in [-0.05, 0) is 0 Å². The third-order valence-electron chi connectivity index (χ3n) is 0.153. The first-order chi connectivity index (χ1) is 2.41. The average Bonchev–Trinajstić information content (AvgIpc) is 1.41. The standard InChI is InChI=1S/C2H5NO2/c1-3-2-5-4/h2,4H,1H3/b3-2-. The Labute approximate surface area is 29.8 Å². The first kappa shape index (κ1) is 4.43. The highest BCUT2D eigenvalue weighted by molar-refractivity contribution is 5.44. The molecule has 30 valence electrons. The Balaban J connectivity index is 2.62. The summed E-state index contributed by atoms with van der Waals surface area (Å²) in [6, 6.07) is 0. The molecule has 0 fully saturated rings. The van der Waals surface area contributed by atoms with Crippen molar-refractivity contribution in [1.29, 1.82) is 0 Å². The van der Waals surface area contributed by atoms with Crippen molar-refractivity contribution >= 4 is 6.40 Å². The molecule has 1 N–H and O–H groups in total. The molecule has 0 heterocycles. The van der Waals surface area contributed by atoms with E-state index < -0.39 is 0 Å². The van der Waals surface area contributed by atoms with Crippen molar-refractivity contribution in [3.8, 4) is 0 Å². The van der Waals surface area contributed by atoms with Gasteiger partial charge < -0.3 is 4.89 Å². The lowest BCUT2D eigenvalue weighted by molar-refractivity contribution is -0.147. The molecule has 0 atom stereocenters. The summed E-state index contributed by atoms with van der Waals surface area (Å²) in [5.41, 5.74) is 0. The molecule has 0 aromatic rings. The van der Waals surface area contributed by atoms with Crippen molar-refractivity contribution in [3.05, 3.63) is 0 Å². The SMILES string of the molecule is C/N=C\OO. The van der Waals surface area contributed by atoms with Gasteiger partial charge in [-0.25, -0.2) is 5.26 Å². The van der Waals surface area contributed by atoms with E-state index in [2.05, 4.69) is 9.88 Å². The van der Waals surface area contributed by atoms with E-state index in [4.69, 9.17) is 5.26 Å². The first-order valence-electron chi connectivity index (χ1n) is 1.12. The van der Waals surface area contributed by atoms with Crippen LogP contribution in [0.3, 0.4) is 0 Å². The Morgan fingerprint density at radius 1 is 2.00 bits per heavy atom. The van der Waals surface area contributed by atoms with Crippen LogP contribution in [0.4, 0.5) is 0 Å². The van der Waals surface area contributed by atoms with E-state index in [1.807, 2.05) is 0 Å². The van der Waals surface area contributed by atoms with Crippen LogP contribution < -0.4 is 0 Å². The van der Waals surface area contributed by atoms with E-state index >= 15 is 0 Å². The molecule has 0 aliphatic carbocycles. The lowest BCUT2D eigenvalue weighted by Gasteiger charge is -1.72. The van der Waals surface area contributed by atoms with Gasteiger partial charge in [0.25, 0.3) is 0 Å². The largest absolute Gasteiger partial charge is 0.328 e. The van der Waals surface area contributed by atoms with Crippen LogP contribution in [-0.4, -0.2) is 18.7 Å². The molecule has 0 saturated carbocycles. The van der Waals surface area contributed by atoms with Crippen molar-refractivity contribution in [1.82, 2.24) is 0 Å². The zero-order valence-electron chi connectivity index (χ0n) is 2.88. The van der Waals surface area contributed by atoms with Crippen LogP contribution in [0.15, 0.2) is 4.99 Å². The van der Waals surface area contributed by atoms with Crippen LogP contribution >= 0.6 is 0 Å². The molecule has 0 bridgehead atoms. The quantitative estimate of drug-likeness (QED) is 0.208. The minimum atomic E-state index is 0.931. The van der Waals surface area contributed by atoms with Crippen molar-refractivity contribution < 1.29 is 10.1 Å². The fraction of sp³-hybridized carbons (Fsp3) is 0.500. The molecule has 0 spiro atoms. The minimum absolute atomic E-state index is 0.931. The summed E-state index contributed by atoms with van der Waals surface area (Å²) in [5.74, 6) is 0. The third-order valence-corrected chi connectivity index (χ3v) is 0.153. The van der Waals surface area contributed by atoms with Gasteiger partial charge in [-0.15, -0.1) is 0 Å². The van der Waals surface area contributed by atoms with E-state index in [-0.39, 0.29) is 0 Å².